The molecule has 0 aliphatic carbocycles. The molecule has 4 heteroatoms. The van der Waals surface area contributed by atoms with Crippen molar-refractivity contribution in [2.24, 2.45) is 0 Å². The summed E-state index contributed by atoms with van der Waals surface area (Å²) in [5.74, 6) is 0.257. The van der Waals surface area contributed by atoms with Gasteiger partial charge in [-0.05, 0) is 35.9 Å². The molecule has 2 aromatic rings. The number of hydrogen-bond acceptors (Lipinski definition) is 2. The number of benzene rings is 2. The van der Waals surface area contributed by atoms with E-state index in [2.05, 4.69) is 15.9 Å². The van der Waals surface area contributed by atoms with Crippen molar-refractivity contribution in [1.29, 1.82) is 0 Å². The van der Waals surface area contributed by atoms with Crippen molar-refractivity contribution in [3.05, 3.63) is 64.4 Å². The van der Waals surface area contributed by atoms with Crippen LogP contribution in [0.25, 0.3) is 0 Å². The number of hydrogen-bond donors (Lipinski definition) is 1. The molecule has 1 atom stereocenters. The molecule has 0 aliphatic rings. The first-order valence-electron chi connectivity index (χ1n) is 5.47. The Morgan fingerprint density at radius 1 is 1.17 bits per heavy atom. The van der Waals surface area contributed by atoms with Crippen molar-refractivity contribution < 1.29 is 9.50 Å². The third-order valence-electron chi connectivity index (χ3n) is 2.46. The standard InChI is InChI=1S/C14H12BrFOS/c15-11-2-1-3-13(8-11)18-9-14(17)10-4-6-12(16)7-5-10/h1-8,14,17H,9H2. The summed E-state index contributed by atoms with van der Waals surface area (Å²) in [6, 6.07) is 13.9. The average Bonchev–Trinajstić information content (AvgIpc) is 2.37. The van der Waals surface area contributed by atoms with Gasteiger partial charge in [-0.1, -0.05) is 34.1 Å². The Bertz CT molecular complexity index is 515. The SMILES string of the molecule is OC(CSc1cccc(Br)c1)c1ccc(F)cc1. The van der Waals surface area contributed by atoms with E-state index in [0.29, 0.717) is 5.75 Å². The van der Waals surface area contributed by atoms with Gasteiger partial charge >= 0.3 is 0 Å². The minimum Gasteiger partial charge on any atom is -0.388 e. The molecule has 94 valence electrons. The Hall–Kier alpha value is -0.840. The summed E-state index contributed by atoms with van der Waals surface area (Å²) in [5.41, 5.74) is 0.735. The maximum Gasteiger partial charge on any atom is 0.123 e. The number of aliphatic hydroxyl groups is 1. The van der Waals surface area contributed by atoms with Crippen molar-refractivity contribution in [2.75, 3.05) is 5.75 Å². The van der Waals surface area contributed by atoms with E-state index >= 15 is 0 Å². The van der Waals surface area contributed by atoms with Gasteiger partial charge < -0.3 is 5.11 Å². The van der Waals surface area contributed by atoms with Crippen LogP contribution in [-0.4, -0.2) is 10.9 Å². The summed E-state index contributed by atoms with van der Waals surface area (Å²) in [7, 11) is 0. The molecule has 18 heavy (non-hydrogen) atoms. The van der Waals surface area contributed by atoms with Gasteiger partial charge in [-0.3, -0.25) is 0 Å². The first-order chi connectivity index (χ1) is 8.65. The second-order valence-corrected chi connectivity index (χ2v) is 5.84. The van der Waals surface area contributed by atoms with Gasteiger partial charge in [-0.25, -0.2) is 4.39 Å². The molecule has 0 saturated heterocycles. The van der Waals surface area contributed by atoms with Crippen LogP contribution in [-0.2, 0) is 0 Å². The second kappa shape index (κ2) is 6.36. The Balaban J connectivity index is 1.96. The molecule has 1 unspecified atom stereocenters. The molecule has 2 rings (SSSR count). The molecule has 0 fully saturated rings. The van der Waals surface area contributed by atoms with Gasteiger partial charge in [0.1, 0.15) is 5.82 Å². The highest BCUT2D eigenvalue weighted by atomic mass is 79.9. The summed E-state index contributed by atoms with van der Waals surface area (Å²) in [6.07, 6.45) is -0.588. The van der Waals surface area contributed by atoms with E-state index in [4.69, 9.17) is 0 Å². The first kappa shape index (κ1) is 13.6. The van der Waals surface area contributed by atoms with Crippen LogP contribution in [0.5, 0.6) is 0 Å². The smallest absolute Gasteiger partial charge is 0.123 e. The van der Waals surface area contributed by atoms with Gasteiger partial charge in [-0.15, -0.1) is 11.8 Å². The van der Waals surface area contributed by atoms with Crippen LogP contribution >= 0.6 is 27.7 Å². The molecule has 1 N–H and O–H groups in total. The molecule has 0 saturated carbocycles. The van der Waals surface area contributed by atoms with Crippen LogP contribution in [0.3, 0.4) is 0 Å². The molecule has 0 radical (unpaired) electrons. The molecule has 2 aromatic carbocycles. The summed E-state index contributed by atoms with van der Waals surface area (Å²) >= 11 is 4.97. The highest BCUT2D eigenvalue weighted by Crippen LogP contribution is 2.26. The lowest BCUT2D eigenvalue weighted by atomic mass is 10.1. The van der Waals surface area contributed by atoms with E-state index in [0.717, 1.165) is 14.9 Å². The normalized spacial score (nSPS) is 12.4. The lowest BCUT2D eigenvalue weighted by Crippen LogP contribution is -2.00. The van der Waals surface area contributed by atoms with E-state index in [9.17, 15) is 9.50 Å². The predicted molar refractivity (Wildman–Crippen MR) is 76.2 cm³/mol. The minimum absolute atomic E-state index is 0.286. The fourth-order valence-corrected chi connectivity index (χ4v) is 2.99. The molecule has 0 bridgehead atoms. The zero-order valence-electron chi connectivity index (χ0n) is 9.51. The maximum atomic E-state index is 12.8. The summed E-state index contributed by atoms with van der Waals surface area (Å²) in [5, 5.41) is 9.99. The average molecular weight is 327 g/mol. The molecular formula is C14H12BrFOS. The summed E-state index contributed by atoms with van der Waals surface area (Å²) in [6.45, 7) is 0. The van der Waals surface area contributed by atoms with Crippen LogP contribution in [0.2, 0.25) is 0 Å². The van der Waals surface area contributed by atoms with E-state index in [-0.39, 0.29) is 5.82 Å². The van der Waals surface area contributed by atoms with Crippen molar-refractivity contribution in [1.82, 2.24) is 0 Å². The Morgan fingerprint density at radius 3 is 2.56 bits per heavy atom. The number of halogens is 2. The van der Waals surface area contributed by atoms with Crippen LogP contribution in [0.15, 0.2) is 57.9 Å². The minimum atomic E-state index is -0.588. The number of rotatable bonds is 4. The molecule has 0 heterocycles. The topological polar surface area (TPSA) is 20.2 Å². The molecule has 0 amide bonds. The van der Waals surface area contributed by atoms with Gasteiger partial charge in [0.25, 0.3) is 0 Å². The lowest BCUT2D eigenvalue weighted by Gasteiger charge is -2.10. The third kappa shape index (κ3) is 3.83. The van der Waals surface area contributed by atoms with E-state index in [1.165, 1.54) is 12.1 Å². The predicted octanol–water partition coefficient (Wildman–Crippen LogP) is 4.41. The number of thioether (sulfide) groups is 1. The second-order valence-electron chi connectivity index (χ2n) is 3.84. The first-order valence-corrected chi connectivity index (χ1v) is 7.25. The van der Waals surface area contributed by atoms with E-state index in [1.54, 1.807) is 23.9 Å². The van der Waals surface area contributed by atoms with Crippen LogP contribution < -0.4 is 0 Å². The van der Waals surface area contributed by atoms with E-state index < -0.39 is 6.10 Å². The van der Waals surface area contributed by atoms with Crippen molar-refractivity contribution in [3.63, 3.8) is 0 Å². The van der Waals surface area contributed by atoms with Gasteiger partial charge in [0, 0.05) is 15.1 Å². The summed E-state index contributed by atoms with van der Waals surface area (Å²) in [4.78, 5) is 1.09. The fourth-order valence-electron chi connectivity index (χ4n) is 1.51. The van der Waals surface area contributed by atoms with Crippen molar-refractivity contribution in [3.8, 4) is 0 Å². The quantitative estimate of drug-likeness (QED) is 0.839. The molecule has 0 aromatic heterocycles. The fraction of sp³-hybridized carbons (Fsp3) is 0.143. The van der Waals surface area contributed by atoms with Gasteiger partial charge in [0.15, 0.2) is 0 Å². The van der Waals surface area contributed by atoms with Gasteiger partial charge in [-0.2, -0.15) is 0 Å². The molecule has 0 aliphatic heterocycles. The maximum absolute atomic E-state index is 12.8. The zero-order chi connectivity index (χ0) is 13.0. The summed E-state index contributed by atoms with van der Waals surface area (Å²) < 4.78 is 13.8. The Morgan fingerprint density at radius 2 is 1.89 bits per heavy atom. The highest BCUT2D eigenvalue weighted by Gasteiger charge is 2.08. The largest absolute Gasteiger partial charge is 0.388 e. The van der Waals surface area contributed by atoms with Gasteiger partial charge in [0.2, 0.25) is 0 Å². The van der Waals surface area contributed by atoms with Crippen LogP contribution in [0.1, 0.15) is 11.7 Å². The molecule has 1 nitrogen and oxygen atoms in total. The Kier molecular flexibility index (Phi) is 4.80. The molecule has 0 spiro atoms. The van der Waals surface area contributed by atoms with Crippen molar-refractivity contribution in [2.45, 2.75) is 11.0 Å². The Labute approximate surface area is 118 Å². The zero-order valence-corrected chi connectivity index (χ0v) is 11.9. The third-order valence-corrected chi connectivity index (χ3v) is 4.02. The monoisotopic (exact) mass is 326 g/mol. The highest BCUT2D eigenvalue weighted by molar-refractivity contribution is 9.10. The van der Waals surface area contributed by atoms with Crippen molar-refractivity contribution >= 4 is 27.7 Å². The molecular weight excluding hydrogens is 315 g/mol. The number of aliphatic hydroxyl groups excluding tert-OH is 1. The lowest BCUT2D eigenvalue weighted by molar-refractivity contribution is 0.204. The van der Waals surface area contributed by atoms with Crippen LogP contribution in [0.4, 0.5) is 4.39 Å². The van der Waals surface area contributed by atoms with Crippen LogP contribution in [0, 0.1) is 5.82 Å². The van der Waals surface area contributed by atoms with Gasteiger partial charge in [0.05, 0.1) is 6.10 Å². The van der Waals surface area contributed by atoms with E-state index in [1.807, 2.05) is 24.3 Å².